The molecule has 0 saturated heterocycles. The zero-order valence-electron chi connectivity index (χ0n) is 41.6. The molecule has 0 nitrogen and oxygen atoms in total. The third kappa shape index (κ3) is 52.6. The Bertz CT molecular complexity index is 582. The predicted molar refractivity (Wildman–Crippen MR) is 274 cm³/mol. The normalized spacial score (nSPS) is 11.8. The van der Waals surface area contributed by atoms with Crippen LogP contribution < -0.4 is 0 Å². The van der Waals surface area contributed by atoms with Crippen LogP contribution in [0.1, 0.15) is 348 Å². The lowest BCUT2D eigenvalue weighted by molar-refractivity contribution is 0.528. The van der Waals surface area contributed by atoms with Crippen molar-refractivity contribution in [1.82, 2.24) is 0 Å². The van der Waals surface area contributed by atoms with Crippen molar-refractivity contribution in [2.24, 2.45) is 0 Å². The standard InChI is InChI=1S/C57H117P/c1-4-7-10-13-16-19-22-25-28-31-34-37-40-43-46-49-52-55-58(56-53-50-47-44-41-38-35-32-29-26-23-20-17-14-11-8-5-2)57-54-51-48-45-42-39-36-33-30-27-24-21-18-15-12-9-6-3/h4-57H2,1-3H3. The van der Waals surface area contributed by atoms with Crippen LogP contribution in [-0.4, -0.2) is 18.5 Å². The van der Waals surface area contributed by atoms with E-state index in [0.717, 1.165) is 0 Å². The minimum absolute atomic E-state index is 0.309. The van der Waals surface area contributed by atoms with Gasteiger partial charge in [0, 0.05) is 0 Å². The maximum Gasteiger partial charge on any atom is -0.0326 e. The van der Waals surface area contributed by atoms with Crippen molar-refractivity contribution < 1.29 is 0 Å². The Kier molecular flexibility index (Phi) is 55.9. The van der Waals surface area contributed by atoms with Gasteiger partial charge in [-0.05, 0) is 37.7 Å². The zero-order valence-corrected chi connectivity index (χ0v) is 42.5. The van der Waals surface area contributed by atoms with Gasteiger partial charge in [0.05, 0.1) is 0 Å². The first kappa shape index (κ1) is 58.4. The van der Waals surface area contributed by atoms with Crippen LogP contribution in [0.3, 0.4) is 0 Å². The fourth-order valence-corrected chi connectivity index (χ4v) is 12.2. The van der Waals surface area contributed by atoms with Gasteiger partial charge in [0.15, 0.2) is 0 Å². The SMILES string of the molecule is CCCCCCCCCCCCCCCCCCCP(CCCCCCCCCCCCCCCCCCC)CCCCCCCCCCCCCCCCCCC. The molecule has 0 saturated carbocycles. The van der Waals surface area contributed by atoms with Crippen molar-refractivity contribution in [2.75, 3.05) is 18.5 Å². The maximum atomic E-state index is 2.32. The second-order valence-corrected chi connectivity index (χ2v) is 22.5. The van der Waals surface area contributed by atoms with Gasteiger partial charge in [-0.15, -0.1) is 7.92 Å². The van der Waals surface area contributed by atoms with E-state index in [-0.39, 0.29) is 0 Å². The summed E-state index contributed by atoms with van der Waals surface area (Å²) < 4.78 is 0. The van der Waals surface area contributed by atoms with Crippen molar-refractivity contribution in [2.45, 2.75) is 348 Å². The van der Waals surface area contributed by atoms with E-state index in [1.807, 2.05) is 0 Å². The van der Waals surface area contributed by atoms with Gasteiger partial charge >= 0.3 is 0 Å². The van der Waals surface area contributed by atoms with Crippen molar-refractivity contribution in [3.63, 3.8) is 0 Å². The summed E-state index contributed by atoms with van der Waals surface area (Å²) in [5, 5.41) is 0. The van der Waals surface area contributed by atoms with Gasteiger partial charge < -0.3 is 0 Å². The molecule has 0 unspecified atom stereocenters. The monoisotopic (exact) mass is 833 g/mol. The highest BCUT2D eigenvalue weighted by Gasteiger charge is 2.08. The third-order valence-corrected chi connectivity index (χ3v) is 16.6. The van der Waals surface area contributed by atoms with E-state index < -0.39 is 0 Å². The summed E-state index contributed by atoms with van der Waals surface area (Å²) in [6, 6.07) is 0. The second kappa shape index (κ2) is 55.4. The molecule has 58 heavy (non-hydrogen) atoms. The minimum atomic E-state index is 0.309. The molecule has 1 heteroatoms. The first-order valence-corrected chi connectivity index (χ1v) is 30.5. The Labute approximate surface area is 373 Å². The molecule has 350 valence electrons. The molecule has 0 heterocycles. The highest BCUT2D eigenvalue weighted by Crippen LogP contribution is 2.39. The fourth-order valence-electron chi connectivity index (χ4n) is 9.52. The van der Waals surface area contributed by atoms with E-state index in [4.69, 9.17) is 0 Å². The molecule has 0 aliphatic carbocycles. The van der Waals surface area contributed by atoms with Crippen LogP contribution in [0.4, 0.5) is 0 Å². The highest BCUT2D eigenvalue weighted by atomic mass is 31.1. The smallest absolute Gasteiger partial charge is 0.0326 e. The summed E-state index contributed by atoms with van der Waals surface area (Å²) in [6.45, 7) is 6.97. The lowest BCUT2D eigenvalue weighted by Gasteiger charge is -2.18. The Balaban J connectivity index is 3.95. The molecule has 0 bridgehead atoms. The summed E-state index contributed by atoms with van der Waals surface area (Å²) in [4.78, 5) is 0. The Hall–Kier alpha value is 0.430. The molecule has 0 radical (unpaired) electrons. The van der Waals surface area contributed by atoms with Gasteiger partial charge in [-0.3, -0.25) is 0 Å². The molecular formula is C57H117P. The summed E-state index contributed by atoms with van der Waals surface area (Å²) >= 11 is 0. The van der Waals surface area contributed by atoms with Crippen LogP contribution in [0.25, 0.3) is 0 Å². The minimum Gasteiger partial charge on any atom is -0.107 e. The lowest BCUT2D eigenvalue weighted by atomic mass is 10.0. The lowest BCUT2D eigenvalue weighted by Crippen LogP contribution is -1.97. The van der Waals surface area contributed by atoms with Crippen LogP contribution in [-0.2, 0) is 0 Å². The van der Waals surface area contributed by atoms with Gasteiger partial charge in [0.2, 0.25) is 0 Å². The number of rotatable bonds is 54. The highest BCUT2D eigenvalue weighted by molar-refractivity contribution is 7.57. The van der Waals surface area contributed by atoms with Gasteiger partial charge in [-0.1, -0.05) is 329 Å². The Morgan fingerprint density at radius 1 is 0.138 bits per heavy atom. The number of unbranched alkanes of at least 4 members (excludes halogenated alkanes) is 48. The topological polar surface area (TPSA) is 0 Å². The van der Waals surface area contributed by atoms with Crippen molar-refractivity contribution >= 4 is 7.92 Å². The van der Waals surface area contributed by atoms with E-state index in [1.54, 1.807) is 37.7 Å². The van der Waals surface area contributed by atoms with Crippen LogP contribution in [0.2, 0.25) is 0 Å². The Morgan fingerprint density at radius 3 is 0.362 bits per heavy atom. The van der Waals surface area contributed by atoms with Crippen molar-refractivity contribution in [1.29, 1.82) is 0 Å². The molecule has 0 rings (SSSR count). The quantitative estimate of drug-likeness (QED) is 0.0423. The first-order valence-electron chi connectivity index (χ1n) is 28.6. The molecule has 0 aromatic carbocycles. The first-order chi connectivity index (χ1) is 28.8. The average molecular weight is 834 g/mol. The largest absolute Gasteiger partial charge is 0.107 e. The van der Waals surface area contributed by atoms with E-state index in [1.165, 1.54) is 308 Å². The van der Waals surface area contributed by atoms with E-state index >= 15 is 0 Å². The van der Waals surface area contributed by atoms with Gasteiger partial charge in [-0.2, -0.15) is 0 Å². The zero-order chi connectivity index (χ0) is 41.8. The van der Waals surface area contributed by atoms with Gasteiger partial charge in [0.25, 0.3) is 0 Å². The molecule has 0 amide bonds. The second-order valence-electron chi connectivity index (χ2n) is 19.8. The van der Waals surface area contributed by atoms with Crippen molar-refractivity contribution in [3.8, 4) is 0 Å². The molecule has 0 aliphatic heterocycles. The van der Waals surface area contributed by atoms with Crippen LogP contribution in [0.15, 0.2) is 0 Å². The molecule has 0 aliphatic rings. The number of hydrogen-bond acceptors (Lipinski definition) is 0. The summed E-state index contributed by atoms with van der Waals surface area (Å²) in [6.07, 6.45) is 80.8. The molecule has 0 N–H and O–H groups in total. The number of hydrogen-bond donors (Lipinski definition) is 0. The molecule has 0 fully saturated rings. The average Bonchev–Trinajstić information content (AvgIpc) is 3.23. The van der Waals surface area contributed by atoms with Crippen LogP contribution >= 0.6 is 7.92 Å². The van der Waals surface area contributed by atoms with Crippen molar-refractivity contribution in [3.05, 3.63) is 0 Å². The predicted octanol–water partition coefficient (Wildman–Crippen LogP) is 22.4. The maximum absolute atomic E-state index is 2.32. The molecule has 0 aromatic rings. The van der Waals surface area contributed by atoms with E-state index in [2.05, 4.69) is 20.8 Å². The van der Waals surface area contributed by atoms with Gasteiger partial charge in [0.1, 0.15) is 0 Å². The molecule has 0 aromatic heterocycles. The molecular weight excluding hydrogens is 716 g/mol. The van der Waals surface area contributed by atoms with Crippen LogP contribution in [0.5, 0.6) is 0 Å². The Morgan fingerprint density at radius 2 is 0.241 bits per heavy atom. The summed E-state index contributed by atoms with van der Waals surface area (Å²) in [5.41, 5.74) is 0. The summed E-state index contributed by atoms with van der Waals surface area (Å²) in [5.74, 6) is 0. The van der Waals surface area contributed by atoms with E-state index in [9.17, 15) is 0 Å². The fraction of sp³-hybridized carbons (Fsp3) is 1.00. The van der Waals surface area contributed by atoms with Crippen LogP contribution in [0, 0.1) is 0 Å². The molecule has 0 spiro atoms. The summed E-state index contributed by atoms with van der Waals surface area (Å²) in [7, 11) is 0.309. The van der Waals surface area contributed by atoms with Gasteiger partial charge in [-0.25, -0.2) is 0 Å². The molecule has 0 atom stereocenters. The third-order valence-electron chi connectivity index (χ3n) is 13.7. The van der Waals surface area contributed by atoms with E-state index in [0.29, 0.717) is 7.92 Å².